The largest absolute Gasteiger partial charge is 0.492 e. The van der Waals surface area contributed by atoms with E-state index in [0.29, 0.717) is 0 Å². The van der Waals surface area contributed by atoms with Crippen LogP contribution in [0.15, 0.2) is 54.6 Å². The number of aromatic hydroxyl groups is 1. The average Bonchev–Trinajstić information content (AvgIpc) is 2.91. The van der Waals surface area contributed by atoms with Crippen LogP contribution in [0.3, 0.4) is 0 Å². The highest BCUT2D eigenvalue weighted by Crippen LogP contribution is 2.33. The fourth-order valence-corrected chi connectivity index (χ4v) is 2.79. The van der Waals surface area contributed by atoms with Gasteiger partial charge in [-0.2, -0.15) is 0 Å². The summed E-state index contributed by atoms with van der Waals surface area (Å²) in [6.45, 7) is 4.23. The van der Waals surface area contributed by atoms with E-state index in [-0.39, 0.29) is 5.88 Å². The van der Waals surface area contributed by atoms with Gasteiger partial charge in [0.25, 0.3) is 0 Å². The van der Waals surface area contributed by atoms with E-state index in [9.17, 15) is 5.11 Å². The van der Waals surface area contributed by atoms with Crippen LogP contribution in [0.5, 0.6) is 5.88 Å². The predicted molar refractivity (Wildman–Crippen MR) is 94.0 cm³/mol. The van der Waals surface area contributed by atoms with E-state index in [1.807, 2.05) is 35.0 Å². The molecule has 0 atom stereocenters. The summed E-state index contributed by atoms with van der Waals surface area (Å²) in [7, 11) is 0. The van der Waals surface area contributed by atoms with Gasteiger partial charge >= 0.3 is 0 Å². The molecule has 118 valence electrons. The van der Waals surface area contributed by atoms with Gasteiger partial charge in [-0.15, -0.1) is 5.10 Å². The molecule has 2 aromatic carbocycles. The van der Waals surface area contributed by atoms with Gasteiger partial charge in [0.1, 0.15) is 0 Å². The van der Waals surface area contributed by atoms with Crippen LogP contribution in [-0.2, 0) is 6.42 Å². The van der Waals surface area contributed by atoms with Crippen molar-refractivity contribution in [1.82, 2.24) is 9.78 Å². The first-order valence-corrected chi connectivity index (χ1v) is 8.14. The molecule has 0 amide bonds. The topological polar surface area (TPSA) is 38.1 Å². The van der Waals surface area contributed by atoms with Gasteiger partial charge in [0.15, 0.2) is 0 Å². The third kappa shape index (κ3) is 3.14. The number of rotatable bonds is 5. The number of nitrogens with zero attached hydrogens (tertiary/aromatic N) is 2. The van der Waals surface area contributed by atoms with Crippen LogP contribution in [0.2, 0.25) is 0 Å². The lowest BCUT2D eigenvalue weighted by Gasteiger charge is -2.10. The van der Waals surface area contributed by atoms with Crippen LogP contribution >= 0.6 is 0 Å². The summed E-state index contributed by atoms with van der Waals surface area (Å²) >= 11 is 0. The smallest absolute Gasteiger partial charge is 0.234 e. The molecule has 3 rings (SSSR count). The Morgan fingerprint density at radius 3 is 2.35 bits per heavy atom. The molecular weight excluding hydrogens is 284 g/mol. The molecule has 0 unspecified atom stereocenters. The number of hydrogen-bond donors (Lipinski definition) is 1. The summed E-state index contributed by atoms with van der Waals surface area (Å²) < 4.78 is 1.85. The summed E-state index contributed by atoms with van der Waals surface area (Å²) in [5.41, 5.74) is 5.18. The molecule has 0 aliphatic carbocycles. The van der Waals surface area contributed by atoms with Crippen LogP contribution in [0, 0.1) is 6.92 Å². The Morgan fingerprint density at radius 1 is 1.00 bits per heavy atom. The molecule has 3 heteroatoms. The van der Waals surface area contributed by atoms with Crippen LogP contribution in [0.1, 0.15) is 30.9 Å². The lowest BCUT2D eigenvalue weighted by Crippen LogP contribution is -2.00. The molecule has 3 aromatic rings. The summed E-state index contributed by atoms with van der Waals surface area (Å²) in [5.74, 6) is 0.137. The molecule has 1 aromatic heterocycles. The van der Waals surface area contributed by atoms with Crippen molar-refractivity contribution in [3.63, 3.8) is 0 Å². The predicted octanol–water partition coefficient (Wildman–Crippen LogP) is 4.90. The Bertz CT molecular complexity index is 773. The fraction of sp³-hybridized carbons (Fsp3) is 0.250. The minimum Gasteiger partial charge on any atom is -0.492 e. The third-order valence-electron chi connectivity index (χ3n) is 4.07. The summed E-state index contributed by atoms with van der Waals surface area (Å²) in [6, 6.07) is 18.4. The van der Waals surface area contributed by atoms with E-state index in [1.165, 1.54) is 5.56 Å². The SMILES string of the molecule is CCCCc1c(O)nn(-c2ccccc2)c1-c1ccc(C)cc1. The zero-order valence-electron chi connectivity index (χ0n) is 13.7. The average molecular weight is 306 g/mol. The molecule has 1 heterocycles. The maximum absolute atomic E-state index is 10.4. The van der Waals surface area contributed by atoms with Gasteiger partial charge in [-0.05, 0) is 31.9 Å². The van der Waals surface area contributed by atoms with Crippen LogP contribution in [-0.4, -0.2) is 14.9 Å². The molecular formula is C20H22N2O. The normalized spacial score (nSPS) is 10.9. The molecule has 0 aliphatic rings. The molecule has 0 radical (unpaired) electrons. The van der Waals surface area contributed by atoms with Gasteiger partial charge in [0, 0.05) is 11.1 Å². The quantitative estimate of drug-likeness (QED) is 0.728. The van der Waals surface area contributed by atoms with Gasteiger partial charge in [0.05, 0.1) is 11.4 Å². The van der Waals surface area contributed by atoms with Crippen molar-refractivity contribution in [2.45, 2.75) is 33.1 Å². The Morgan fingerprint density at radius 2 is 1.70 bits per heavy atom. The second kappa shape index (κ2) is 6.69. The van der Waals surface area contributed by atoms with Crippen molar-refractivity contribution in [2.75, 3.05) is 0 Å². The van der Waals surface area contributed by atoms with Crippen molar-refractivity contribution >= 4 is 0 Å². The lowest BCUT2D eigenvalue weighted by atomic mass is 10.0. The van der Waals surface area contributed by atoms with Crippen LogP contribution < -0.4 is 0 Å². The molecule has 0 spiro atoms. The third-order valence-corrected chi connectivity index (χ3v) is 4.07. The molecule has 0 fully saturated rings. The van der Waals surface area contributed by atoms with E-state index in [2.05, 4.69) is 43.2 Å². The highest BCUT2D eigenvalue weighted by Gasteiger charge is 2.19. The maximum atomic E-state index is 10.4. The number of para-hydroxylation sites is 1. The molecule has 0 saturated heterocycles. The van der Waals surface area contributed by atoms with Crippen LogP contribution in [0.25, 0.3) is 16.9 Å². The second-order valence-electron chi connectivity index (χ2n) is 5.87. The molecule has 0 saturated carbocycles. The van der Waals surface area contributed by atoms with E-state index >= 15 is 0 Å². The Kier molecular flexibility index (Phi) is 4.47. The number of aromatic nitrogens is 2. The van der Waals surface area contributed by atoms with Crippen LogP contribution in [0.4, 0.5) is 0 Å². The molecule has 23 heavy (non-hydrogen) atoms. The van der Waals surface area contributed by atoms with E-state index in [4.69, 9.17) is 0 Å². The molecule has 3 nitrogen and oxygen atoms in total. The maximum Gasteiger partial charge on any atom is 0.234 e. The van der Waals surface area contributed by atoms with Gasteiger partial charge in [-0.25, -0.2) is 4.68 Å². The fourth-order valence-electron chi connectivity index (χ4n) is 2.79. The zero-order chi connectivity index (χ0) is 16.2. The van der Waals surface area contributed by atoms with Gasteiger partial charge < -0.3 is 5.11 Å². The van der Waals surface area contributed by atoms with E-state index < -0.39 is 0 Å². The summed E-state index contributed by atoms with van der Waals surface area (Å²) in [4.78, 5) is 0. The first-order chi connectivity index (χ1) is 11.2. The van der Waals surface area contributed by atoms with E-state index in [0.717, 1.165) is 41.8 Å². The number of aryl methyl sites for hydroxylation is 1. The van der Waals surface area contributed by atoms with Crippen molar-refractivity contribution in [3.05, 3.63) is 65.7 Å². The zero-order valence-corrected chi connectivity index (χ0v) is 13.7. The van der Waals surface area contributed by atoms with E-state index in [1.54, 1.807) is 0 Å². The first-order valence-electron chi connectivity index (χ1n) is 8.14. The van der Waals surface area contributed by atoms with Crippen molar-refractivity contribution in [2.24, 2.45) is 0 Å². The summed E-state index contributed by atoms with van der Waals surface area (Å²) in [5, 5.41) is 14.8. The minimum absolute atomic E-state index is 0.137. The molecule has 0 aliphatic heterocycles. The summed E-state index contributed by atoms with van der Waals surface area (Å²) in [6.07, 6.45) is 2.95. The molecule has 0 bridgehead atoms. The highest BCUT2D eigenvalue weighted by atomic mass is 16.3. The van der Waals surface area contributed by atoms with Gasteiger partial charge in [-0.3, -0.25) is 0 Å². The number of benzene rings is 2. The Hall–Kier alpha value is -2.55. The van der Waals surface area contributed by atoms with Gasteiger partial charge in [-0.1, -0.05) is 61.4 Å². The second-order valence-corrected chi connectivity index (χ2v) is 5.87. The molecule has 1 N–H and O–H groups in total. The standard InChI is InChI=1S/C20H22N2O/c1-3-4-10-18-19(16-13-11-15(2)12-14-16)22(21-20(18)23)17-8-6-5-7-9-17/h5-9,11-14H,3-4,10H2,1-2H3,(H,21,23). The first kappa shape index (κ1) is 15.3. The van der Waals surface area contributed by atoms with Crippen molar-refractivity contribution in [1.29, 1.82) is 0 Å². The monoisotopic (exact) mass is 306 g/mol. The van der Waals surface area contributed by atoms with Crippen molar-refractivity contribution in [3.8, 4) is 22.8 Å². The minimum atomic E-state index is 0.137. The Balaban J connectivity index is 2.18. The Labute approximate surface area is 137 Å². The number of unbranched alkanes of at least 4 members (excludes halogenated alkanes) is 1. The van der Waals surface area contributed by atoms with Crippen molar-refractivity contribution < 1.29 is 5.11 Å². The lowest BCUT2D eigenvalue weighted by molar-refractivity contribution is 0.441. The number of hydrogen-bond acceptors (Lipinski definition) is 2. The van der Waals surface area contributed by atoms with Gasteiger partial charge in [0.2, 0.25) is 5.88 Å². The highest BCUT2D eigenvalue weighted by molar-refractivity contribution is 5.68.